The molecule has 0 aliphatic carbocycles. The maximum absolute atomic E-state index is 12.5. The van der Waals surface area contributed by atoms with Crippen LogP contribution in [0, 0.1) is 19.8 Å². The van der Waals surface area contributed by atoms with Crippen LogP contribution in [0.5, 0.6) is 0 Å². The van der Waals surface area contributed by atoms with Gasteiger partial charge in [-0.05, 0) is 31.9 Å². The zero-order valence-corrected chi connectivity index (χ0v) is 12.9. The quantitative estimate of drug-likeness (QED) is 0.930. The molecule has 116 valence electrons. The van der Waals surface area contributed by atoms with Gasteiger partial charge in [0.05, 0.1) is 11.6 Å². The Morgan fingerprint density at radius 3 is 2.91 bits per heavy atom. The molecule has 2 aromatic rings. The standard InChI is InChI=1S/C15H19N5O2/c1-9-8-12(19-18-10(9)2)17-15(21)11-4-7-22-13(11)14-16-5-6-20(14)3/h5-6,8,11,13H,4,7H2,1-3H3,(H,17,19,21)/t11-,13-/m1/s1. The molecule has 1 amide bonds. The maximum Gasteiger partial charge on any atom is 0.231 e. The van der Waals surface area contributed by atoms with E-state index in [1.165, 1.54) is 0 Å². The lowest BCUT2D eigenvalue weighted by molar-refractivity contribution is -0.121. The van der Waals surface area contributed by atoms with Crippen LogP contribution in [0.3, 0.4) is 0 Å². The number of amides is 1. The summed E-state index contributed by atoms with van der Waals surface area (Å²) in [5.41, 5.74) is 1.85. The number of ether oxygens (including phenoxy) is 1. The van der Waals surface area contributed by atoms with E-state index in [4.69, 9.17) is 4.74 Å². The molecule has 1 fully saturated rings. The van der Waals surface area contributed by atoms with Gasteiger partial charge in [0, 0.05) is 26.0 Å². The summed E-state index contributed by atoms with van der Waals surface area (Å²) in [5, 5.41) is 10.9. The monoisotopic (exact) mass is 301 g/mol. The van der Waals surface area contributed by atoms with E-state index in [0.717, 1.165) is 17.1 Å². The third kappa shape index (κ3) is 2.71. The molecule has 0 unspecified atom stereocenters. The van der Waals surface area contributed by atoms with Gasteiger partial charge >= 0.3 is 0 Å². The van der Waals surface area contributed by atoms with E-state index in [9.17, 15) is 4.79 Å². The van der Waals surface area contributed by atoms with Gasteiger partial charge in [0.25, 0.3) is 0 Å². The summed E-state index contributed by atoms with van der Waals surface area (Å²) in [4.78, 5) is 16.8. The fraction of sp³-hybridized carbons (Fsp3) is 0.467. The van der Waals surface area contributed by atoms with Gasteiger partial charge in [-0.1, -0.05) is 0 Å². The Bertz CT molecular complexity index is 697. The molecule has 0 bridgehead atoms. The van der Waals surface area contributed by atoms with Gasteiger partial charge in [0.2, 0.25) is 5.91 Å². The van der Waals surface area contributed by atoms with Crippen LogP contribution in [-0.4, -0.2) is 32.3 Å². The van der Waals surface area contributed by atoms with Crippen molar-refractivity contribution < 1.29 is 9.53 Å². The zero-order chi connectivity index (χ0) is 15.7. The zero-order valence-electron chi connectivity index (χ0n) is 12.9. The lowest BCUT2D eigenvalue weighted by Crippen LogP contribution is -2.27. The molecular formula is C15H19N5O2. The number of carbonyl (C=O) groups excluding carboxylic acids is 1. The summed E-state index contributed by atoms with van der Waals surface area (Å²) in [6.07, 6.45) is 3.91. The smallest absolute Gasteiger partial charge is 0.231 e. The maximum atomic E-state index is 12.5. The average molecular weight is 301 g/mol. The van der Waals surface area contributed by atoms with E-state index in [1.807, 2.05) is 37.7 Å². The number of anilines is 1. The molecule has 3 heterocycles. The molecule has 1 aliphatic rings. The minimum atomic E-state index is -0.320. The Morgan fingerprint density at radius 2 is 2.23 bits per heavy atom. The van der Waals surface area contributed by atoms with Crippen LogP contribution in [0.1, 0.15) is 29.6 Å². The molecule has 7 heteroatoms. The van der Waals surface area contributed by atoms with Crippen LogP contribution in [0.4, 0.5) is 5.82 Å². The van der Waals surface area contributed by atoms with Crippen molar-refractivity contribution in [2.24, 2.45) is 13.0 Å². The van der Waals surface area contributed by atoms with Gasteiger partial charge in [0.15, 0.2) is 5.82 Å². The van der Waals surface area contributed by atoms with Gasteiger partial charge in [-0.25, -0.2) is 4.98 Å². The summed E-state index contributed by atoms with van der Waals surface area (Å²) in [7, 11) is 1.90. The first-order valence-electron chi connectivity index (χ1n) is 7.27. The second-order valence-corrected chi connectivity index (χ2v) is 5.57. The summed E-state index contributed by atoms with van der Waals surface area (Å²) < 4.78 is 7.59. The second kappa shape index (κ2) is 5.84. The number of hydrogen-bond donors (Lipinski definition) is 1. The van der Waals surface area contributed by atoms with Crippen LogP contribution in [-0.2, 0) is 16.6 Å². The van der Waals surface area contributed by atoms with Crippen LogP contribution >= 0.6 is 0 Å². The molecule has 0 saturated carbocycles. The van der Waals surface area contributed by atoms with Crippen molar-refractivity contribution in [3.8, 4) is 0 Å². The van der Waals surface area contributed by atoms with Crippen molar-refractivity contribution in [3.63, 3.8) is 0 Å². The van der Waals surface area contributed by atoms with Gasteiger partial charge in [0.1, 0.15) is 11.9 Å². The molecule has 0 aromatic carbocycles. The summed E-state index contributed by atoms with van der Waals surface area (Å²) in [6, 6.07) is 1.83. The molecule has 22 heavy (non-hydrogen) atoms. The van der Waals surface area contributed by atoms with Crippen LogP contribution < -0.4 is 5.32 Å². The number of nitrogens with one attached hydrogen (secondary N) is 1. The number of imidazole rings is 1. The number of nitrogens with zero attached hydrogens (tertiary/aromatic N) is 4. The minimum absolute atomic E-state index is 0.108. The normalized spacial score (nSPS) is 21.0. The second-order valence-electron chi connectivity index (χ2n) is 5.57. The predicted molar refractivity (Wildman–Crippen MR) is 80.1 cm³/mol. The van der Waals surface area contributed by atoms with E-state index in [0.29, 0.717) is 18.8 Å². The van der Waals surface area contributed by atoms with Gasteiger partial charge in [-0.3, -0.25) is 4.79 Å². The van der Waals surface area contributed by atoms with E-state index >= 15 is 0 Å². The molecule has 0 spiro atoms. The van der Waals surface area contributed by atoms with E-state index in [1.54, 1.807) is 6.20 Å². The average Bonchev–Trinajstić information content (AvgIpc) is 3.11. The highest BCUT2D eigenvalue weighted by Gasteiger charge is 2.37. The number of hydrogen-bond acceptors (Lipinski definition) is 5. The lowest BCUT2D eigenvalue weighted by Gasteiger charge is -2.17. The predicted octanol–water partition coefficient (Wildman–Crippen LogP) is 1.54. The van der Waals surface area contributed by atoms with E-state index in [-0.39, 0.29) is 17.9 Å². The van der Waals surface area contributed by atoms with Crippen molar-refractivity contribution in [1.82, 2.24) is 19.7 Å². The van der Waals surface area contributed by atoms with E-state index in [2.05, 4.69) is 20.5 Å². The highest BCUT2D eigenvalue weighted by atomic mass is 16.5. The molecule has 2 atom stereocenters. The fourth-order valence-corrected chi connectivity index (χ4v) is 2.59. The van der Waals surface area contributed by atoms with Crippen LogP contribution in [0.15, 0.2) is 18.5 Å². The topological polar surface area (TPSA) is 81.9 Å². The van der Waals surface area contributed by atoms with E-state index < -0.39 is 0 Å². The number of aryl methyl sites for hydroxylation is 3. The lowest BCUT2D eigenvalue weighted by atomic mass is 10.00. The Kier molecular flexibility index (Phi) is 3.89. The van der Waals surface area contributed by atoms with Gasteiger partial charge in [-0.2, -0.15) is 5.10 Å². The molecule has 1 aliphatic heterocycles. The third-order valence-electron chi connectivity index (χ3n) is 4.02. The molecule has 1 N–H and O–H groups in total. The first-order valence-corrected chi connectivity index (χ1v) is 7.27. The SMILES string of the molecule is Cc1cc(NC(=O)[C@@H]2CCO[C@H]2c2nccn2C)nnc1C. The van der Waals surface area contributed by atoms with Crippen LogP contribution in [0.2, 0.25) is 0 Å². The first-order chi connectivity index (χ1) is 10.6. The largest absolute Gasteiger partial charge is 0.369 e. The minimum Gasteiger partial charge on any atom is -0.369 e. The van der Waals surface area contributed by atoms with Crippen molar-refractivity contribution in [2.45, 2.75) is 26.4 Å². The number of carbonyl (C=O) groups is 1. The van der Waals surface area contributed by atoms with Gasteiger partial charge < -0.3 is 14.6 Å². The Labute approximate surface area is 128 Å². The molecule has 0 radical (unpaired) electrons. The fourth-order valence-electron chi connectivity index (χ4n) is 2.59. The molecule has 2 aromatic heterocycles. The molecular weight excluding hydrogens is 282 g/mol. The van der Waals surface area contributed by atoms with Crippen molar-refractivity contribution >= 4 is 11.7 Å². The molecule has 3 rings (SSSR count). The molecule has 7 nitrogen and oxygen atoms in total. The molecule has 1 saturated heterocycles. The third-order valence-corrected chi connectivity index (χ3v) is 4.02. The van der Waals surface area contributed by atoms with Crippen molar-refractivity contribution in [1.29, 1.82) is 0 Å². The van der Waals surface area contributed by atoms with Gasteiger partial charge in [-0.15, -0.1) is 5.10 Å². The summed E-state index contributed by atoms with van der Waals surface area (Å²) in [5.74, 6) is 0.856. The highest BCUT2D eigenvalue weighted by molar-refractivity contribution is 5.92. The Morgan fingerprint density at radius 1 is 1.41 bits per heavy atom. The van der Waals surface area contributed by atoms with Crippen molar-refractivity contribution in [2.75, 3.05) is 11.9 Å². The Balaban J connectivity index is 1.76. The van der Waals surface area contributed by atoms with Crippen LogP contribution in [0.25, 0.3) is 0 Å². The Hall–Kier alpha value is -2.28. The summed E-state index contributed by atoms with van der Waals surface area (Å²) in [6.45, 7) is 4.37. The number of aromatic nitrogens is 4. The summed E-state index contributed by atoms with van der Waals surface area (Å²) >= 11 is 0. The highest BCUT2D eigenvalue weighted by Crippen LogP contribution is 2.34. The van der Waals surface area contributed by atoms with Crippen molar-refractivity contribution in [3.05, 3.63) is 35.5 Å². The first kappa shape index (κ1) is 14.6. The number of rotatable bonds is 3.